The lowest BCUT2D eigenvalue weighted by Crippen LogP contribution is -2.28. The Labute approximate surface area is 95.0 Å². The van der Waals surface area contributed by atoms with Crippen molar-refractivity contribution < 1.29 is 9.13 Å². The van der Waals surface area contributed by atoms with Gasteiger partial charge in [0.2, 0.25) is 5.95 Å². The molecule has 88 valence electrons. The first-order chi connectivity index (χ1) is 7.79. The number of nitrogens with zero attached hydrogens (tertiary/aromatic N) is 1. The van der Waals surface area contributed by atoms with Gasteiger partial charge in [-0.3, -0.25) is 0 Å². The maximum atomic E-state index is 13.1. The van der Waals surface area contributed by atoms with Gasteiger partial charge in [-0.2, -0.15) is 4.39 Å². The normalized spacial score (nSPS) is 20.0. The van der Waals surface area contributed by atoms with E-state index in [4.69, 9.17) is 4.74 Å². The van der Waals surface area contributed by atoms with Crippen molar-refractivity contribution in [1.82, 2.24) is 10.3 Å². The second-order valence-electron chi connectivity index (χ2n) is 4.08. The molecule has 2 rings (SSSR count). The molecular weight excluding hydrogens is 207 g/mol. The minimum Gasteiger partial charge on any atom is -0.490 e. The summed E-state index contributed by atoms with van der Waals surface area (Å²) in [6, 6.07) is 2.16. The lowest BCUT2D eigenvalue weighted by atomic mass is 10.2. The van der Waals surface area contributed by atoms with Gasteiger partial charge in [0.25, 0.3) is 0 Å². The monoisotopic (exact) mass is 224 g/mol. The molecule has 1 aromatic heterocycles. The molecule has 16 heavy (non-hydrogen) atoms. The van der Waals surface area contributed by atoms with Crippen molar-refractivity contribution in [2.45, 2.75) is 32.2 Å². The molecule has 1 aliphatic rings. The predicted octanol–water partition coefficient (Wildman–Crippen LogP) is 1.91. The van der Waals surface area contributed by atoms with E-state index in [9.17, 15) is 4.39 Å². The molecule has 1 aliphatic heterocycles. The van der Waals surface area contributed by atoms with Crippen LogP contribution in [0.2, 0.25) is 0 Å². The highest BCUT2D eigenvalue weighted by molar-refractivity contribution is 5.24. The minimum atomic E-state index is -0.395. The average molecular weight is 224 g/mol. The zero-order valence-corrected chi connectivity index (χ0v) is 9.50. The Hall–Kier alpha value is -1.16. The van der Waals surface area contributed by atoms with Gasteiger partial charge in [0.05, 0.1) is 6.20 Å². The Morgan fingerprint density at radius 2 is 2.50 bits per heavy atom. The summed E-state index contributed by atoms with van der Waals surface area (Å²) < 4.78 is 18.7. The van der Waals surface area contributed by atoms with Gasteiger partial charge in [-0.25, -0.2) is 4.98 Å². The molecule has 0 bridgehead atoms. The summed E-state index contributed by atoms with van der Waals surface area (Å²) in [6.45, 7) is 3.61. The summed E-state index contributed by atoms with van der Waals surface area (Å²) in [5, 5.41) is 3.35. The molecule has 0 unspecified atom stereocenters. The van der Waals surface area contributed by atoms with Crippen LogP contribution in [-0.2, 0) is 6.42 Å². The topological polar surface area (TPSA) is 34.1 Å². The van der Waals surface area contributed by atoms with Gasteiger partial charge in [-0.05, 0) is 31.9 Å². The van der Waals surface area contributed by atoms with E-state index in [0.717, 1.165) is 13.0 Å². The first-order valence-electron chi connectivity index (χ1n) is 5.80. The van der Waals surface area contributed by atoms with Crippen molar-refractivity contribution in [2.24, 2.45) is 0 Å². The minimum absolute atomic E-state index is 0.395. The third-order valence-corrected chi connectivity index (χ3v) is 2.88. The summed E-state index contributed by atoms with van der Waals surface area (Å²) in [6.07, 6.45) is 4.44. The number of nitrogens with one attached hydrogen (secondary N) is 1. The number of hydrogen-bond donors (Lipinski definition) is 1. The Bertz CT molecular complexity index is 351. The van der Waals surface area contributed by atoms with Gasteiger partial charge in [0.15, 0.2) is 0 Å². The molecule has 1 N–H and O–H groups in total. The molecule has 0 amide bonds. The SMILES string of the molecule is CCc1cc(OC[C@H]2CCCN2)cnc1F. The quantitative estimate of drug-likeness (QED) is 0.793. The van der Waals surface area contributed by atoms with E-state index < -0.39 is 5.95 Å². The fraction of sp³-hybridized carbons (Fsp3) is 0.583. The zero-order valence-electron chi connectivity index (χ0n) is 9.50. The van der Waals surface area contributed by atoms with Gasteiger partial charge < -0.3 is 10.1 Å². The zero-order chi connectivity index (χ0) is 11.4. The molecule has 2 heterocycles. The van der Waals surface area contributed by atoms with E-state index in [0.29, 0.717) is 30.4 Å². The first kappa shape index (κ1) is 11.3. The summed E-state index contributed by atoms with van der Waals surface area (Å²) in [5.74, 6) is 0.265. The van der Waals surface area contributed by atoms with E-state index in [1.165, 1.54) is 12.6 Å². The first-order valence-corrected chi connectivity index (χ1v) is 5.80. The van der Waals surface area contributed by atoms with E-state index in [1.54, 1.807) is 6.07 Å². The highest BCUT2D eigenvalue weighted by atomic mass is 19.1. The van der Waals surface area contributed by atoms with Crippen molar-refractivity contribution in [3.8, 4) is 5.75 Å². The molecular formula is C12H17FN2O. The van der Waals surface area contributed by atoms with Crippen molar-refractivity contribution in [1.29, 1.82) is 0 Å². The van der Waals surface area contributed by atoms with Gasteiger partial charge in [0, 0.05) is 11.6 Å². The number of hydrogen-bond acceptors (Lipinski definition) is 3. The highest BCUT2D eigenvalue weighted by Gasteiger charge is 2.14. The van der Waals surface area contributed by atoms with Crippen LogP contribution in [0.5, 0.6) is 5.75 Å². The second kappa shape index (κ2) is 5.25. The molecule has 1 saturated heterocycles. The molecule has 0 radical (unpaired) electrons. The van der Waals surface area contributed by atoms with Crippen LogP contribution < -0.4 is 10.1 Å². The fourth-order valence-corrected chi connectivity index (χ4v) is 1.89. The maximum Gasteiger partial charge on any atom is 0.216 e. The van der Waals surface area contributed by atoms with Crippen molar-refractivity contribution in [3.63, 3.8) is 0 Å². The number of ether oxygens (including phenoxy) is 1. The van der Waals surface area contributed by atoms with E-state index in [1.807, 2.05) is 6.92 Å². The number of rotatable bonds is 4. The Morgan fingerprint density at radius 3 is 3.19 bits per heavy atom. The second-order valence-corrected chi connectivity index (χ2v) is 4.08. The van der Waals surface area contributed by atoms with Crippen LogP contribution in [0, 0.1) is 5.95 Å². The van der Waals surface area contributed by atoms with E-state index >= 15 is 0 Å². The lowest BCUT2D eigenvalue weighted by Gasteiger charge is -2.12. The molecule has 0 saturated carbocycles. The van der Waals surface area contributed by atoms with Crippen LogP contribution >= 0.6 is 0 Å². The van der Waals surface area contributed by atoms with Gasteiger partial charge in [-0.1, -0.05) is 6.92 Å². The number of halogens is 1. The Kier molecular flexibility index (Phi) is 3.72. The van der Waals surface area contributed by atoms with Crippen molar-refractivity contribution >= 4 is 0 Å². The molecule has 4 heteroatoms. The molecule has 1 fully saturated rings. The summed E-state index contributed by atoms with van der Waals surface area (Å²) >= 11 is 0. The Balaban J connectivity index is 1.93. The average Bonchev–Trinajstić information content (AvgIpc) is 2.81. The number of aryl methyl sites for hydroxylation is 1. The van der Waals surface area contributed by atoms with Crippen LogP contribution in [0.4, 0.5) is 4.39 Å². The van der Waals surface area contributed by atoms with Crippen LogP contribution in [0.15, 0.2) is 12.3 Å². The summed E-state index contributed by atoms with van der Waals surface area (Å²) in [5.41, 5.74) is 0.608. The largest absolute Gasteiger partial charge is 0.490 e. The van der Waals surface area contributed by atoms with Crippen LogP contribution in [0.1, 0.15) is 25.3 Å². The van der Waals surface area contributed by atoms with Gasteiger partial charge in [-0.15, -0.1) is 0 Å². The number of pyridine rings is 1. The van der Waals surface area contributed by atoms with Gasteiger partial charge in [0.1, 0.15) is 12.4 Å². The molecule has 1 atom stereocenters. The summed E-state index contributed by atoms with van der Waals surface area (Å²) in [7, 11) is 0. The third-order valence-electron chi connectivity index (χ3n) is 2.88. The third kappa shape index (κ3) is 2.70. The number of aromatic nitrogens is 1. The molecule has 0 aliphatic carbocycles. The highest BCUT2D eigenvalue weighted by Crippen LogP contribution is 2.16. The molecule has 0 spiro atoms. The van der Waals surface area contributed by atoms with Crippen molar-refractivity contribution in [3.05, 3.63) is 23.8 Å². The smallest absolute Gasteiger partial charge is 0.216 e. The predicted molar refractivity (Wildman–Crippen MR) is 60.1 cm³/mol. The summed E-state index contributed by atoms with van der Waals surface area (Å²) in [4.78, 5) is 3.68. The molecule has 1 aromatic rings. The molecule has 0 aromatic carbocycles. The standard InChI is InChI=1S/C12H17FN2O/c1-2-9-6-11(7-15-12(9)13)16-8-10-4-3-5-14-10/h6-7,10,14H,2-5,8H2,1H3/t10-/m1/s1. The fourth-order valence-electron chi connectivity index (χ4n) is 1.89. The Morgan fingerprint density at radius 1 is 1.62 bits per heavy atom. The van der Waals surface area contributed by atoms with Crippen LogP contribution in [-0.4, -0.2) is 24.2 Å². The lowest BCUT2D eigenvalue weighted by molar-refractivity contribution is 0.275. The van der Waals surface area contributed by atoms with Crippen LogP contribution in [0.25, 0.3) is 0 Å². The van der Waals surface area contributed by atoms with E-state index in [-0.39, 0.29) is 0 Å². The van der Waals surface area contributed by atoms with Crippen LogP contribution in [0.3, 0.4) is 0 Å². The van der Waals surface area contributed by atoms with Gasteiger partial charge >= 0.3 is 0 Å². The molecule has 3 nitrogen and oxygen atoms in total. The maximum absolute atomic E-state index is 13.1. The van der Waals surface area contributed by atoms with E-state index in [2.05, 4.69) is 10.3 Å². The van der Waals surface area contributed by atoms with Crippen molar-refractivity contribution in [2.75, 3.05) is 13.2 Å².